The van der Waals surface area contributed by atoms with Crippen molar-refractivity contribution in [2.45, 2.75) is 40.2 Å². The van der Waals surface area contributed by atoms with Crippen molar-refractivity contribution in [2.24, 2.45) is 0 Å². The number of hydrogen-bond donors (Lipinski definition) is 0. The van der Waals surface area contributed by atoms with Gasteiger partial charge in [-0.05, 0) is 52.3 Å². The van der Waals surface area contributed by atoms with Crippen molar-refractivity contribution in [3.8, 4) is 0 Å². The Hall–Kier alpha value is -2.56. The second-order valence-corrected chi connectivity index (χ2v) is 6.84. The van der Waals surface area contributed by atoms with Crippen LogP contribution in [-0.4, -0.2) is 29.3 Å². The molecular weight excluding hydrogens is 306 g/mol. The molecular formula is C19H23NO4. The molecule has 0 unspecified atom stereocenters. The summed E-state index contributed by atoms with van der Waals surface area (Å²) in [6.45, 7) is 9.32. The van der Waals surface area contributed by atoms with Crippen LogP contribution in [-0.2, 0) is 9.47 Å². The fourth-order valence-electron chi connectivity index (χ4n) is 2.45. The molecule has 2 aromatic rings. The lowest BCUT2D eigenvalue weighted by atomic mass is 10.1. The molecule has 1 aromatic carbocycles. The van der Waals surface area contributed by atoms with Crippen molar-refractivity contribution in [1.29, 1.82) is 0 Å². The number of ether oxygens (including phenoxy) is 2. The molecule has 128 valence electrons. The number of hydrogen-bond acceptors (Lipinski definition) is 4. The Labute approximate surface area is 141 Å². The molecule has 0 saturated heterocycles. The van der Waals surface area contributed by atoms with E-state index >= 15 is 0 Å². The van der Waals surface area contributed by atoms with E-state index in [2.05, 4.69) is 0 Å². The summed E-state index contributed by atoms with van der Waals surface area (Å²) in [6.07, 6.45) is 1.40. The van der Waals surface area contributed by atoms with Gasteiger partial charge in [0.2, 0.25) is 0 Å². The molecule has 0 N–H and O–H groups in total. The third kappa shape index (κ3) is 3.67. The van der Waals surface area contributed by atoms with Crippen LogP contribution in [0, 0.1) is 0 Å². The minimum Gasteiger partial charge on any atom is -0.464 e. The summed E-state index contributed by atoms with van der Waals surface area (Å²) in [7, 11) is 1.29. The molecule has 0 radical (unpaired) electrons. The Morgan fingerprint density at radius 1 is 1.17 bits per heavy atom. The van der Waals surface area contributed by atoms with E-state index in [0.29, 0.717) is 5.52 Å². The quantitative estimate of drug-likeness (QED) is 0.754. The summed E-state index contributed by atoms with van der Waals surface area (Å²) in [4.78, 5) is 24.8. The third-order valence-electron chi connectivity index (χ3n) is 3.29. The zero-order chi connectivity index (χ0) is 18.1. The standard InChI is InChI=1S/C19H23NO4/c1-12(2)10-13-8-7-9-15-14(13)11-16(17(21)23-6)20(15)18(22)24-19(3,4)5/h7-11H,1-6H3. The van der Waals surface area contributed by atoms with Gasteiger partial charge in [-0.1, -0.05) is 23.8 Å². The third-order valence-corrected chi connectivity index (χ3v) is 3.29. The van der Waals surface area contributed by atoms with E-state index < -0.39 is 17.7 Å². The van der Waals surface area contributed by atoms with Crippen molar-refractivity contribution >= 4 is 29.0 Å². The molecule has 5 heteroatoms. The van der Waals surface area contributed by atoms with Crippen molar-refractivity contribution in [3.05, 3.63) is 41.1 Å². The van der Waals surface area contributed by atoms with Gasteiger partial charge < -0.3 is 9.47 Å². The summed E-state index contributed by atoms with van der Waals surface area (Å²) in [5, 5.41) is 0.796. The van der Waals surface area contributed by atoms with E-state index in [-0.39, 0.29) is 5.69 Å². The van der Waals surface area contributed by atoms with E-state index in [0.717, 1.165) is 16.5 Å². The number of esters is 1. The largest absolute Gasteiger partial charge is 0.464 e. The van der Waals surface area contributed by atoms with Gasteiger partial charge in [0.25, 0.3) is 0 Å². The molecule has 0 aliphatic carbocycles. The maximum atomic E-state index is 12.6. The van der Waals surface area contributed by atoms with Crippen LogP contribution in [0.4, 0.5) is 4.79 Å². The molecule has 0 aliphatic rings. The van der Waals surface area contributed by atoms with Crippen LogP contribution in [0.3, 0.4) is 0 Å². The molecule has 1 aromatic heterocycles. The summed E-state index contributed by atoms with van der Waals surface area (Å²) in [5.74, 6) is -0.583. The fourth-order valence-corrected chi connectivity index (χ4v) is 2.45. The first-order chi connectivity index (χ1) is 11.1. The second kappa shape index (κ2) is 6.51. The van der Waals surface area contributed by atoms with E-state index in [4.69, 9.17) is 9.47 Å². The van der Waals surface area contributed by atoms with Gasteiger partial charge in [-0.2, -0.15) is 0 Å². The number of rotatable bonds is 2. The molecule has 1 heterocycles. The van der Waals surface area contributed by atoms with Crippen LogP contribution in [0.5, 0.6) is 0 Å². The van der Waals surface area contributed by atoms with Crippen molar-refractivity contribution in [2.75, 3.05) is 7.11 Å². The highest BCUT2D eigenvalue weighted by Gasteiger charge is 2.26. The zero-order valence-electron chi connectivity index (χ0n) is 15.0. The van der Waals surface area contributed by atoms with Crippen LogP contribution in [0.1, 0.15) is 50.7 Å². The van der Waals surface area contributed by atoms with Gasteiger partial charge in [0.15, 0.2) is 0 Å². The minimum atomic E-state index is -0.668. The minimum absolute atomic E-state index is 0.149. The SMILES string of the molecule is COC(=O)c1cc2c(C=C(C)C)cccc2n1C(=O)OC(C)(C)C. The number of nitrogens with zero attached hydrogens (tertiary/aromatic N) is 1. The predicted molar refractivity (Wildman–Crippen MR) is 94.2 cm³/mol. The van der Waals surface area contributed by atoms with Crippen molar-refractivity contribution < 1.29 is 19.1 Å². The van der Waals surface area contributed by atoms with E-state index in [1.807, 2.05) is 32.1 Å². The van der Waals surface area contributed by atoms with Gasteiger partial charge in [-0.3, -0.25) is 0 Å². The van der Waals surface area contributed by atoms with Gasteiger partial charge in [0.05, 0.1) is 12.6 Å². The molecule has 0 aliphatic heterocycles. The van der Waals surface area contributed by atoms with Crippen LogP contribution in [0.2, 0.25) is 0 Å². The molecule has 5 nitrogen and oxygen atoms in total. The lowest BCUT2D eigenvalue weighted by Crippen LogP contribution is -2.29. The summed E-state index contributed by atoms with van der Waals surface area (Å²) >= 11 is 0. The zero-order valence-corrected chi connectivity index (χ0v) is 15.0. The number of aromatic nitrogens is 1. The summed E-state index contributed by atoms with van der Waals surface area (Å²) in [5.41, 5.74) is 2.14. The number of allylic oxidation sites excluding steroid dienone is 1. The van der Waals surface area contributed by atoms with Crippen LogP contribution in [0.15, 0.2) is 29.8 Å². The summed E-state index contributed by atoms with van der Waals surface area (Å²) < 4.78 is 11.5. The highest BCUT2D eigenvalue weighted by atomic mass is 16.6. The van der Waals surface area contributed by atoms with Gasteiger partial charge in [-0.25, -0.2) is 14.2 Å². The number of methoxy groups -OCH3 is 1. The predicted octanol–water partition coefficient (Wildman–Crippen LogP) is 4.63. The molecule has 24 heavy (non-hydrogen) atoms. The topological polar surface area (TPSA) is 57.5 Å². The maximum absolute atomic E-state index is 12.6. The first-order valence-corrected chi connectivity index (χ1v) is 7.75. The Balaban J connectivity index is 2.73. The average molecular weight is 329 g/mol. The Kier molecular flexibility index (Phi) is 4.83. The van der Waals surface area contributed by atoms with E-state index in [1.165, 1.54) is 11.7 Å². The number of carbonyl (C=O) groups excluding carboxylic acids is 2. The Bertz CT molecular complexity index is 818. The molecule has 0 atom stereocenters. The van der Waals surface area contributed by atoms with Gasteiger partial charge >= 0.3 is 12.1 Å². The van der Waals surface area contributed by atoms with Crippen LogP contribution in [0.25, 0.3) is 17.0 Å². The van der Waals surface area contributed by atoms with Gasteiger partial charge in [0, 0.05) is 5.39 Å². The Morgan fingerprint density at radius 2 is 1.83 bits per heavy atom. The molecule has 0 amide bonds. The fraction of sp³-hybridized carbons (Fsp3) is 0.368. The highest BCUT2D eigenvalue weighted by molar-refractivity contribution is 6.04. The first kappa shape index (κ1) is 17.8. The normalized spacial score (nSPS) is 11.2. The van der Waals surface area contributed by atoms with Crippen LogP contribution < -0.4 is 0 Å². The lowest BCUT2D eigenvalue weighted by Gasteiger charge is -2.20. The molecule has 0 saturated carbocycles. The number of benzene rings is 1. The van der Waals surface area contributed by atoms with Crippen molar-refractivity contribution in [1.82, 2.24) is 4.57 Å². The van der Waals surface area contributed by atoms with Gasteiger partial charge in [-0.15, -0.1) is 0 Å². The van der Waals surface area contributed by atoms with Crippen molar-refractivity contribution in [3.63, 3.8) is 0 Å². The Morgan fingerprint density at radius 3 is 2.38 bits per heavy atom. The molecule has 0 fully saturated rings. The maximum Gasteiger partial charge on any atom is 0.419 e. The average Bonchev–Trinajstić information content (AvgIpc) is 2.84. The van der Waals surface area contributed by atoms with Gasteiger partial charge in [0.1, 0.15) is 11.3 Å². The number of fused-ring (bicyclic) bond motifs is 1. The monoisotopic (exact) mass is 329 g/mol. The smallest absolute Gasteiger partial charge is 0.419 e. The van der Waals surface area contributed by atoms with Crippen LogP contribution >= 0.6 is 0 Å². The molecule has 0 spiro atoms. The molecule has 0 bridgehead atoms. The molecule has 2 rings (SSSR count). The highest BCUT2D eigenvalue weighted by Crippen LogP contribution is 2.27. The second-order valence-electron chi connectivity index (χ2n) is 6.84. The number of carbonyl (C=O) groups is 2. The van der Waals surface area contributed by atoms with E-state index in [1.54, 1.807) is 32.9 Å². The van der Waals surface area contributed by atoms with E-state index in [9.17, 15) is 9.59 Å². The first-order valence-electron chi connectivity index (χ1n) is 7.75. The lowest BCUT2D eigenvalue weighted by molar-refractivity contribution is 0.0490. The summed E-state index contributed by atoms with van der Waals surface area (Å²) in [6, 6.07) is 7.24.